The molecule has 0 amide bonds. The van der Waals surface area contributed by atoms with Crippen LogP contribution >= 0.6 is 0 Å². The summed E-state index contributed by atoms with van der Waals surface area (Å²) in [5, 5.41) is 0. The zero-order valence-electron chi connectivity index (χ0n) is 14.9. The summed E-state index contributed by atoms with van der Waals surface area (Å²) >= 11 is 0. The lowest BCUT2D eigenvalue weighted by Crippen LogP contribution is -2.32. The topological polar surface area (TPSA) is 29.3 Å². The summed E-state index contributed by atoms with van der Waals surface area (Å²) < 4.78 is 13.2. The molecule has 0 bridgehead atoms. The van der Waals surface area contributed by atoms with Gasteiger partial charge >= 0.3 is 0 Å². The molecule has 0 heterocycles. The zero-order chi connectivity index (χ0) is 17.5. The smallest absolute Gasteiger partial charge is 0.123 e. The Labute approximate surface area is 150 Å². The first-order chi connectivity index (χ1) is 12.2. The van der Waals surface area contributed by atoms with Gasteiger partial charge in [0, 0.05) is 19.6 Å². The van der Waals surface area contributed by atoms with Gasteiger partial charge in [0.1, 0.15) is 5.82 Å². The molecule has 2 N–H and O–H groups in total. The van der Waals surface area contributed by atoms with Gasteiger partial charge in [-0.3, -0.25) is 4.90 Å². The van der Waals surface area contributed by atoms with E-state index in [0.717, 1.165) is 38.0 Å². The molecule has 0 aliphatic heterocycles. The summed E-state index contributed by atoms with van der Waals surface area (Å²) in [7, 11) is 0. The minimum Gasteiger partial charge on any atom is -0.330 e. The van der Waals surface area contributed by atoms with Crippen molar-refractivity contribution in [1.82, 2.24) is 4.90 Å². The number of benzene rings is 2. The van der Waals surface area contributed by atoms with Crippen LogP contribution in [0.5, 0.6) is 0 Å². The first-order valence-electron chi connectivity index (χ1n) is 9.43. The highest BCUT2D eigenvalue weighted by atomic mass is 19.1. The molecule has 134 valence electrons. The van der Waals surface area contributed by atoms with Gasteiger partial charge in [0.05, 0.1) is 0 Å². The fraction of sp³-hybridized carbons (Fsp3) is 0.455. The molecular weight excluding hydrogens is 311 g/mol. The van der Waals surface area contributed by atoms with Crippen LogP contribution in [0, 0.1) is 17.7 Å². The third-order valence-electron chi connectivity index (χ3n) is 5.38. The molecule has 2 aromatic rings. The van der Waals surface area contributed by atoms with Crippen molar-refractivity contribution in [3.8, 4) is 0 Å². The first kappa shape index (κ1) is 18.1. The van der Waals surface area contributed by atoms with Gasteiger partial charge in [-0.25, -0.2) is 4.39 Å². The van der Waals surface area contributed by atoms with Gasteiger partial charge in [-0.2, -0.15) is 0 Å². The summed E-state index contributed by atoms with van der Waals surface area (Å²) in [6.07, 6.45) is 5.07. The maximum Gasteiger partial charge on any atom is 0.123 e. The minimum atomic E-state index is -0.168. The van der Waals surface area contributed by atoms with Crippen LogP contribution in [0.4, 0.5) is 4.39 Å². The normalized spacial score (nSPS) is 20.8. The molecule has 0 aromatic heterocycles. The number of nitrogens with two attached hydrogens (primary N) is 1. The van der Waals surface area contributed by atoms with Gasteiger partial charge in [0.15, 0.2) is 0 Å². The zero-order valence-corrected chi connectivity index (χ0v) is 14.9. The van der Waals surface area contributed by atoms with Gasteiger partial charge in [-0.1, -0.05) is 42.5 Å². The van der Waals surface area contributed by atoms with Crippen LogP contribution in [0.2, 0.25) is 0 Å². The van der Waals surface area contributed by atoms with E-state index in [1.807, 2.05) is 12.1 Å². The molecule has 1 aliphatic rings. The Bertz CT molecular complexity index is 618. The lowest BCUT2D eigenvalue weighted by Gasteiger charge is -2.32. The lowest BCUT2D eigenvalue weighted by molar-refractivity contribution is 0.170. The van der Waals surface area contributed by atoms with E-state index in [4.69, 9.17) is 5.73 Å². The minimum absolute atomic E-state index is 0.168. The Hall–Kier alpha value is -1.71. The molecule has 2 nitrogen and oxygen atoms in total. The standard InChI is InChI=1S/C22H29FN2/c23-22-12-10-21(11-13-22)17-25(15-19-4-2-1-3-5-19)16-20-8-6-18(14-24)7-9-20/h1-5,10-13,18,20H,6-9,14-17,24H2. The van der Waals surface area contributed by atoms with E-state index in [9.17, 15) is 4.39 Å². The average molecular weight is 340 g/mol. The van der Waals surface area contributed by atoms with E-state index in [1.54, 1.807) is 12.1 Å². The number of hydrogen-bond donors (Lipinski definition) is 1. The second-order valence-electron chi connectivity index (χ2n) is 7.40. The van der Waals surface area contributed by atoms with E-state index in [2.05, 4.69) is 35.2 Å². The lowest BCUT2D eigenvalue weighted by atomic mass is 9.82. The molecule has 1 aliphatic carbocycles. The fourth-order valence-corrected chi connectivity index (χ4v) is 3.89. The first-order valence-corrected chi connectivity index (χ1v) is 9.43. The van der Waals surface area contributed by atoms with Crippen molar-refractivity contribution in [2.75, 3.05) is 13.1 Å². The molecule has 1 fully saturated rings. The van der Waals surface area contributed by atoms with Gasteiger partial charge in [0.25, 0.3) is 0 Å². The molecular formula is C22H29FN2. The molecule has 25 heavy (non-hydrogen) atoms. The predicted molar refractivity (Wildman–Crippen MR) is 101 cm³/mol. The monoisotopic (exact) mass is 340 g/mol. The van der Waals surface area contributed by atoms with Crippen LogP contribution in [0.25, 0.3) is 0 Å². The van der Waals surface area contributed by atoms with Crippen molar-refractivity contribution in [1.29, 1.82) is 0 Å². The summed E-state index contributed by atoms with van der Waals surface area (Å²) in [6, 6.07) is 17.5. The van der Waals surface area contributed by atoms with Crippen LogP contribution in [0.3, 0.4) is 0 Å². The molecule has 0 spiro atoms. The number of halogens is 1. The van der Waals surface area contributed by atoms with Gasteiger partial charge in [-0.15, -0.1) is 0 Å². The third kappa shape index (κ3) is 5.65. The SMILES string of the molecule is NCC1CCC(CN(Cc2ccccc2)Cc2ccc(F)cc2)CC1. The molecule has 3 rings (SSSR count). The number of hydrogen-bond acceptors (Lipinski definition) is 2. The quantitative estimate of drug-likeness (QED) is 0.798. The second kappa shape index (κ2) is 9.12. The van der Waals surface area contributed by atoms with Crippen molar-refractivity contribution in [2.24, 2.45) is 17.6 Å². The maximum atomic E-state index is 13.2. The van der Waals surface area contributed by atoms with Crippen LogP contribution < -0.4 is 5.73 Å². The van der Waals surface area contributed by atoms with Crippen LogP contribution in [-0.2, 0) is 13.1 Å². The summed E-state index contributed by atoms with van der Waals surface area (Å²) in [5.74, 6) is 1.29. The van der Waals surface area contributed by atoms with Crippen LogP contribution in [0.1, 0.15) is 36.8 Å². The highest BCUT2D eigenvalue weighted by Gasteiger charge is 2.22. The van der Waals surface area contributed by atoms with Gasteiger partial charge in [0.2, 0.25) is 0 Å². The van der Waals surface area contributed by atoms with Crippen LogP contribution in [0.15, 0.2) is 54.6 Å². The van der Waals surface area contributed by atoms with E-state index in [-0.39, 0.29) is 5.82 Å². The molecule has 0 radical (unpaired) electrons. The molecule has 1 saturated carbocycles. The van der Waals surface area contributed by atoms with Crippen molar-refractivity contribution < 1.29 is 4.39 Å². The van der Waals surface area contributed by atoms with E-state index in [1.165, 1.54) is 36.8 Å². The maximum absolute atomic E-state index is 13.2. The molecule has 0 unspecified atom stereocenters. The largest absolute Gasteiger partial charge is 0.330 e. The average Bonchev–Trinajstić information content (AvgIpc) is 2.65. The second-order valence-corrected chi connectivity index (χ2v) is 7.40. The molecule has 3 heteroatoms. The van der Waals surface area contributed by atoms with Crippen molar-refractivity contribution in [3.63, 3.8) is 0 Å². The Morgan fingerprint density at radius 1 is 0.800 bits per heavy atom. The third-order valence-corrected chi connectivity index (χ3v) is 5.38. The Kier molecular flexibility index (Phi) is 6.60. The Morgan fingerprint density at radius 2 is 1.36 bits per heavy atom. The Morgan fingerprint density at radius 3 is 1.96 bits per heavy atom. The number of rotatable bonds is 7. The highest BCUT2D eigenvalue weighted by Crippen LogP contribution is 2.29. The molecule has 0 atom stereocenters. The summed E-state index contributed by atoms with van der Waals surface area (Å²) in [4.78, 5) is 2.51. The van der Waals surface area contributed by atoms with Crippen molar-refractivity contribution in [2.45, 2.75) is 38.8 Å². The fourth-order valence-electron chi connectivity index (χ4n) is 3.89. The number of nitrogens with zero attached hydrogens (tertiary/aromatic N) is 1. The molecule has 2 aromatic carbocycles. The van der Waals surface area contributed by atoms with E-state index < -0.39 is 0 Å². The Balaban J connectivity index is 1.64. The predicted octanol–water partition coefficient (Wildman–Crippen LogP) is 4.59. The van der Waals surface area contributed by atoms with Gasteiger partial charge in [-0.05, 0) is 67.3 Å². The summed E-state index contributed by atoms with van der Waals surface area (Å²) in [6.45, 7) is 3.74. The van der Waals surface area contributed by atoms with Crippen LogP contribution in [-0.4, -0.2) is 18.0 Å². The van der Waals surface area contributed by atoms with Crippen molar-refractivity contribution in [3.05, 3.63) is 71.5 Å². The van der Waals surface area contributed by atoms with E-state index >= 15 is 0 Å². The van der Waals surface area contributed by atoms with Crippen molar-refractivity contribution >= 4 is 0 Å². The van der Waals surface area contributed by atoms with Gasteiger partial charge < -0.3 is 5.73 Å². The molecule has 0 saturated heterocycles. The summed E-state index contributed by atoms with van der Waals surface area (Å²) in [5.41, 5.74) is 8.33. The van der Waals surface area contributed by atoms with E-state index in [0.29, 0.717) is 0 Å². The highest BCUT2D eigenvalue weighted by molar-refractivity contribution is 5.17.